The SMILES string of the molecule is O=C(Nc1cccnc1SCCS(=O)(=O)c1ccccc1)c1ccc(F)c(F)c1. The summed E-state index contributed by atoms with van der Waals surface area (Å²) < 4.78 is 51.1. The summed E-state index contributed by atoms with van der Waals surface area (Å²) >= 11 is 1.17. The molecule has 0 radical (unpaired) electrons. The first-order valence-corrected chi connectivity index (χ1v) is 11.1. The van der Waals surface area contributed by atoms with Gasteiger partial charge in [0.1, 0.15) is 5.03 Å². The molecule has 0 spiro atoms. The number of nitrogens with zero attached hydrogens (tertiary/aromatic N) is 1. The molecular formula is C20H16F2N2O3S2. The molecule has 5 nitrogen and oxygen atoms in total. The van der Waals surface area contributed by atoms with Crippen LogP contribution < -0.4 is 5.32 Å². The van der Waals surface area contributed by atoms with Crippen molar-refractivity contribution in [3.8, 4) is 0 Å². The molecule has 0 bridgehead atoms. The van der Waals surface area contributed by atoms with Crippen molar-refractivity contribution in [1.82, 2.24) is 4.98 Å². The lowest BCUT2D eigenvalue weighted by Crippen LogP contribution is -2.14. The summed E-state index contributed by atoms with van der Waals surface area (Å²) in [6.45, 7) is 0. The van der Waals surface area contributed by atoms with Gasteiger partial charge in [-0.15, -0.1) is 11.8 Å². The van der Waals surface area contributed by atoms with Gasteiger partial charge in [-0.3, -0.25) is 4.79 Å². The summed E-state index contributed by atoms with van der Waals surface area (Å²) in [6.07, 6.45) is 1.52. The van der Waals surface area contributed by atoms with Gasteiger partial charge in [-0.25, -0.2) is 22.2 Å². The van der Waals surface area contributed by atoms with Crippen molar-refractivity contribution in [3.63, 3.8) is 0 Å². The highest BCUT2D eigenvalue weighted by atomic mass is 32.2. The second-order valence-corrected chi connectivity index (χ2v) is 9.11. The van der Waals surface area contributed by atoms with Gasteiger partial charge < -0.3 is 5.32 Å². The number of hydrogen-bond acceptors (Lipinski definition) is 5. The number of aromatic nitrogens is 1. The molecule has 0 aliphatic rings. The Morgan fingerprint density at radius 3 is 2.48 bits per heavy atom. The highest BCUT2D eigenvalue weighted by Crippen LogP contribution is 2.26. The number of anilines is 1. The second-order valence-electron chi connectivity index (χ2n) is 5.92. The third-order valence-corrected chi connectivity index (χ3v) is 6.89. The normalized spacial score (nSPS) is 11.2. The largest absolute Gasteiger partial charge is 0.320 e. The molecule has 0 aliphatic heterocycles. The third-order valence-electron chi connectivity index (χ3n) is 3.89. The number of halogens is 2. The fourth-order valence-corrected chi connectivity index (χ4v) is 5.05. The Bertz CT molecular complexity index is 1120. The first-order chi connectivity index (χ1) is 13.9. The van der Waals surface area contributed by atoms with Crippen LogP contribution in [-0.2, 0) is 9.84 Å². The minimum atomic E-state index is -3.43. The molecule has 0 atom stereocenters. The minimum absolute atomic E-state index is 0.0460. The van der Waals surface area contributed by atoms with Gasteiger partial charge in [0.25, 0.3) is 5.91 Å². The molecule has 0 fully saturated rings. The maximum absolute atomic E-state index is 13.3. The molecule has 1 aromatic heterocycles. The van der Waals surface area contributed by atoms with Crippen molar-refractivity contribution >= 4 is 33.2 Å². The number of pyridine rings is 1. The molecule has 9 heteroatoms. The summed E-state index contributed by atoms with van der Waals surface area (Å²) in [5, 5.41) is 3.01. The first kappa shape index (κ1) is 20.9. The van der Waals surface area contributed by atoms with E-state index in [0.717, 1.165) is 12.1 Å². The number of carbonyl (C=O) groups is 1. The van der Waals surface area contributed by atoms with Crippen LogP contribution in [0.3, 0.4) is 0 Å². The lowest BCUT2D eigenvalue weighted by Gasteiger charge is -2.10. The summed E-state index contributed by atoms with van der Waals surface area (Å²) in [6, 6.07) is 14.2. The Morgan fingerprint density at radius 2 is 1.76 bits per heavy atom. The second kappa shape index (κ2) is 9.15. The number of carbonyl (C=O) groups excluding carboxylic acids is 1. The van der Waals surface area contributed by atoms with Crippen molar-refractivity contribution in [1.29, 1.82) is 0 Å². The number of amides is 1. The summed E-state index contributed by atoms with van der Waals surface area (Å²) in [4.78, 5) is 16.7. The van der Waals surface area contributed by atoms with Crippen LogP contribution in [0.1, 0.15) is 10.4 Å². The standard InChI is InChI=1S/C20H16F2N2O3S2/c21-16-9-8-14(13-17(16)22)19(25)24-18-7-4-10-23-20(18)28-11-12-29(26,27)15-5-2-1-3-6-15/h1-10,13H,11-12H2,(H,24,25). The molecule has 3 rings (SSSR count). The van der Waals surface area contributed by atoms with Crippen LogP contribution in [0, 0.1) is 11.6 Å². The molecule has 0 aliphatic carbocycles. The van der Waals surface area contributed by atoms with Crippen LogP contribution >= 0.6 is 11.8 Å². The number of nitrogens with one attached hydrogen (secondary N) is 1. The molecule has 29 heavy (non-hydrogen) atoms. The van der Waals surface area contributed by atoms with Gasteiger partial charge in [0, 0.05) is 17.5 Å². The number of sulfone groups is 1. The van der Waals surface area contributed by atoms with E-state index in [9.17, 15) is 22.0 Å². The lowest BCUT2D eigenvalue weighted by molar-refractivity contribution is 0.102. The van der Waals surface area contributed by atoms with Gasteiger partial charge in [0.15, 0.2) is 21.5 Å². The van der Waals surface area contributed by atoms with E-state index in [2.05, 4.69) is 10.3 Å². The summed E-state index contributed by atoms with van der Waals surface area (Å²) in [5.41, 5.74) is 0.305. The predicted molar refractivity (Wildman–Crippen MR) is 108 cm³/mol. The quantitative estimate of drug-likeness (QED) is 0.565. The Kier molecular flexibility index (Phi) is 6.60. The van der Waals surface area contributed by atoms with Crippen molar-refractivity contribution < 1.29 is 22.0 Å². The van der Waals surface area contributed by atoms with E-state index in [1.165, 1.54) is 36.2 Å². The zero-order chi connectivity index (χ0) is 20.9. The fraction of sp³-hybridized carbons (Fsp3) is 0.100. The molecule has 0 saturated heterocycles. The Labute approximate surface area is 171 Å². The van der Waals surface area contributed by atoms with E-state index in [0.29, 0.717) is 10.7 Å². The summed E-state index contributed by atoms with van der Waals surface area (Å²) in [7, 11) is -3.43. The van der Waals surface area contributed by atoms with E-state index in [1.807, 2.05) is 0 Å². The van der Waals surface area contributed by atoms with Gasteiger partial charge in [0.05, 0.1) is 16.3 Å². The monoisotopic (exact) mass is 434 g/mol. The number of rotatable bonds is 7. The third kappa shape index (κ3) is 5.39. The lowest BCUT2D eigenvalue weighted by atomic mass is 10.2. The number of hydrogen-bond donors (Lipinski definition) is 1. The molecule has 1 N–H and O–H groups in total. The first-order valence-electron chi connectivity index (χ1n) is 8.49. The van der Waals surface area contributed by atoms with Crippen LogP contribution in [0.2, 0.25) is 0 Å². The van der Waals surface area contributed by atoms with Crippen molar-refractivity contribution in [2.45, 2.75) is 9.92 Å². The number of benzene rings is 2. The van der Waals surface area contributed by atoms with Crippen molar-refractivity contribution in [3.05, 3.63) is 84.1 Å². The van der Waals surface area contributed by atoms with E-state index in [4.69, 9.17) is 0 Å². The topological polar surface area (TPSA) is 76.1 Å². The molecule has 0 saturated carbocycles. The van der Waals surface area contributed by atoms with E-state index in [-0.39, 0.29) is 22.0 Å². The van der Waals surface area contributed by atoms with Crippen molar-refractivity contribution in [2.75, 3.05) is 16.8 Å². The highest BCUT2D eigenvalue weighted by Gasteiger charge is 2.16. The molecule has 150 valence electrons. The fourth-order valence-electron chi connectivity index (χ4n) is 2.43. The van der Waals surface area contributed by atoms with Crippen LogP contribution in [0.25, 0.3) is 0 Å². The van der Waals surface area contributed by atoms with Gasteiger partial charge in [-0.2, -0.15) is 0 Å². The maximum atomic E-state index is 13.3. The van der Waals surface area contributed by atoms with Crippen LogP contribution in [0.15, 0.2) is 76.8 Å². The number of thioether (sulfide) groups is 1. The predicted octanol–water partition coefficient (Wildman–Crippen LogP) is 4.18. The maximum Gasteiger partial charge on any atom is 0.255 e. The molecule has 3 aromatic rings. The van der Waals surface area contributed by atoms with E-state index < -0.39 is 27.4 Å². The zero-order valence-electron chi connectivity index (χ0n) is 15.0. The van der Waals surface area contributed by atoms with Crippen LogP contribution in [0.4, 0.5) is 14.5 Å². The van der Waals surface area contributed by atoms with Gasteiger partial charge in [0.2, 0.25) is 0 Å². The molecule has 1 heterocycles. The molecule has 1 amide bonds. The average molecular weight is 434 g/mol. The van der Waals surface area contributed by atoms with E-state index in [1.54, 1.807) is 30.3 Å². The minimum Gasteiger partial charge on any atom is -0.320 e. The van der Waals surface area contributed by atoms with Crippen LogP contribution in [-0.4, -0.2) is 30.8 Å². The van der Waals surface area contributed by atoms with Crippen LogP contribution in [0.5, 0.6) is 0 Å². The summed E-state index contributed by atoms with van der Waals surface area (Å²) in [5.74, 6) is -2.67. The van der Waals surface area contributed by atoms with Gasteiger partial charge in [-0.05, 0) is 42.5 Å². The zero-order valence-corrected chi connectivity index (χ0v) is 16.6. The highest BCUT2D eigenvalue weighted by molar-refractivity contribution is 8.00. The van der Waals surface area contributed by atoms with E-state index >= 15 is 0 Å². The Balaban J connectivity index is 1.67. The van der Waals surface area contributed by atoms with Gasteiger partial charge >= 0.3 is 0 Å². The Morgan fingerprint density at radius 1 is 1.00 bits per heavy atom. The Hall–Kier alpha value is -2.78. The van der Waals surface area contributed by atoms with Crippen molar-refractivity contribution in [2.24, 2.45) is 0 Å². The average Bonchev–Trinajstić information content (AvgIpc) is 2.72. The molecular weight excluding hydrogens is 418 g/mol. The van der Waals surface area contributed by atoms with Gasteiger partial charge in [-0.1, -0.05) is 18.2 Å². The smallest absolute Gasteiger partial charge is 0.255 e. The molecule has 2 aromatic carbocycles. The molecule has 0 unspecified atom stereocenters.